The van der Waals surface area contributed by atoms with Gasteiger partial charge in [0.1, 0.15) is 5.52 Å². The maximum atomic E-state index is 11.5. The standard InChI is InChI=1S/C15H11BrN6O2/c1-24-15(23)12-8-22-14(17-12)5-3-10(19-22)7-21-13-6-9(16)2-4-11(13)18-20-21/h2-6,8H,7H2,1H3. The number of benzene rings is 1. The number of esters is 1. The highest BCUT2D eigenvalue weighted by atomic mass is 79.9. The third kappa shape index (κ3) is 2.52. The number of carbonyl (C=O) groups excluding carboxylic acids is 1. The van der Waals surface area contributed by atoms with Crippen LogP contribution in [0.5, 0.6) is 0 Å². The first-order chi connectivity index (χ1) is 11.6. The molecule has 0 unspecified atom stereocenters. The Labute approximate surface area is 144 Å². The summed E-state index contributed by atoms with van der Waals surface area (Å²) in [7, 11) is 1.32. The fourth-order valence-electron chi connectivity index (χ4n) is 2.42. The number of rotatable bonds is 3. The van der Waals surface area contributed by atoms with Crippen LogP contribution in [0, 0.1) is 0 Å². The topological polar surface area (TPSA) is 87.2 Å². The highest BCUT2D eigenvalue weighted by Gasteiger charge is 2.12. The molecule has 0 saturated carbocycles. The Morgan fingerprint density at radius 1 is 1.29 bits per heavy atom. The lowest BCUT2D eigenvalue weighted by molar-refractivity contribution is 0.0594. The van der Waals surface area contributed by atoms with E-state index >= 15 is 0 Å². The van der Waals surface area contributed by atoms with E-state index in [1.807, 2.05) is 24.3 Å². The monoisotopic (exact) mass is 386 g/mol. The number of hydrogen-bond donors (Lipinski definition) is 0. The number of halogens is 1. The molecule has 9 heteroatoms. The summed E-state index contributed by atoms with van der Waals surface area (Å²) < 4.78 is 8.95. The second-order valence-corrected chi connectivity index (χ2v) is 6.04. The number of carbonyl (C=O) groups is 1. The van der Waals surface area contributed by atoms with Gasteiger partial charge >= 0.3 is 5.97 Å². The first-order valence-corrected chi connectivity index (χ1v) is 7.86. The molecule has 0 spiro atoms. The van der Waals surface area contributed by atoms with Gasteiger partial charge in [0, 0.05) is 4.47 Å². The minimum atomic E-state index is -0.492. The second kappa shape index (κ2) is 5.68. The second-order valence-electron chi connectivity index (χ2n) is 5.13. The largest absolute Gasteiger partial charge is 0.464 e. The normalized spacial score (nSPS) is 11.2. The van der Waals surface area contributed by atoms with Gasteiger partial charge in [0.2, 0.25) is 0 Å². The van der Waals surface area contributed by atoms with E-state index in [-0.39, 0.29) is 5.69 Å². The SMILES string of the molecule is COC(=O)c1cn2nc(Cn3nnc4ccc(Br)cc43)ccc2n1. The van der Waals surface area contributed by atoms with Crippen LogP contribution in [0.25, 0.3) is 16.7 Å². The summed E-state index contributed by atoms with van der Waals surface area (Å²) in [5, 5.41) is 12.8. The lowest BCUT2D eigenvalue weighted by Gasteiger charge is -2.03. The Morgan fingerprint density at radius 3 is 3.00 bits per heavy atom. The van der Waals surface area contributed by atoms with Crippen LogP contribution in [0.3, 0.4) is 0 Å². The summed E-state index contributed by atoms with van der Waals surface area (Å²) in [6.45, 7) is 0.453. The molecule has 24 heavy (non-hydrogen) atoms. The summed E-state index contributed by atoms with van der Waals surface area (Å²) >= 11 is 3.45. The molecule has 1 aromatic carbocycles. The van der Waals surface area contributed by atoms with Gasteiger partial charge in [-0.1, -0.05) is 21.1 Å². The number of hydrogen-bond acceptors (Lipinski definition) is 6. The van der Waals surface area contributed by atoms with Crippen molar-refractivity contribution in [2.45, 2.75) is 6.54 Å². The predicted octanol–water partition coefficient (Wildman–Crippen LogP) is 2.07. The molecule has 0 saturated heterocycles. The van der Waals surface area contributed by atoms with Crippen molar-refractivity contribution in [3.05, 3.63) is 52.4 Å². The number of aromatic nitrogens is 6. The molecule has 0 fully saturated rings. The molecule has 4 aromatic rings. The zero-order valence-corrected chi connectivity index (χ0v) is 14.1. The molecule has 0 radical (unpaired) electrons. The van der Waals surface area contributed by atoms with Gasteiger partial charge in [-0.05, 0) is 30.3 Å². The Morgan fingerprint density at radius 2 is 2.17 bits per heavy atom. The summed E-state index contributed by atoms with van der Waals surface area (Å²) in [6.07, 6.45) is 1.54. The number of ether oxygens (including phenoxy) is 1. The van der Waals surface area contributed by atoms with E-state index in [0.29, 0.717) is 12.2 Å². The molecule has 3 aromatic heterocycles. The van der Waals surface area contributed by atoms with Crippen molar-refractivity contribution in [3.8, 4) is 0 Å². The zero-order chi connectivity index (χ0) is 16.7. The van der Waals surface area contributed by atoms with E-state index in [1.165, 1.54) is 7.11 Å². The molecular formula is C15H11BrN6O2. The summed E-state index contributed by atoms with van der Waals surface area (Å²) in [5.74, 6) is -0.492. The van der Waals surface area contributed by atoms with Crippen LogP contribution < -0.4 is 0 Å². The molecule has 0 aliphatic carbocycles. The van der Waals surface area contributed by atoms with Crippen molar-refractivity contribution in [2.24, 2.45) is 0 Å². The van der Waals surface area contributed by atoms with E-state index in [4.69, 9.17) is 0 Å². The third-order valence-corrected chi connectivity index (χ3v) is 4.05. The Hall–Kier alpha value is -2.81. The average Bonchev–Trinajstić information content (AvgIpc) is 3.18. The van der Waals surface area contributed by atoms with Gasteiger partial charge in [-0.2, -0.15) is 5.10 Å². The van der Waals surface area contributed by atoms with Gasteiger partial charge in [0.05, 0.1) is 31.1 Å². The van der Waals surface area contributed by atoms with Crippen LogP contribution in [0.2, 0.25) is 0 Å². The number of imidazole rings is 1. The van der Waals surface area contributed by atoms with E-state index in [9.17, 15) is 4.79 Å². The fourth-order valence-corrected chi connectivity index (χ4v) is 2.77. The van der Waals surface area contributed by atoms with Crippen molar-refractivity contribution >= 4 is 38.6 Å². The van der Waals surface area contributed by atoms with E-state index in [2.05, 4.69) is 41.1 Å². The van der Waals surface area contributed by atoms with Crippen molar-refractivity contribution < 1.29 is 9.53 Å². The first-order valence-electron chi connectivity index (χ1n) is 7.06. The molecule has 4 rings (SSSR count). The van der Waals surface area contributed by atoms with Crippen LogP contribution in [0.4, 0.5) is 0 Å². The lowest BCUT2D eigenvalue weighted by Crippen LogP contribution is -2.06. The predicted molar refractivity (Wildman–Crippen MR) is 88.7 cm³/mol. The molecule has 3 heterocycles. The smallest absolute Gasteiger partial charge is 0.358 e. The van der Waals surface area contributed by atoms with E-state index in [0.717, 1.165) is 21.2 Å². The van der Waals surface area contributed by atoms with Crippen LogP contribution in [0.1, 0.15) is 16.2 Å². The molecule has 0 amide bonds. The number of methoxy groups -OCH3 is 1. The molecular weight excluding hydrogens is 376 g/mol. The molecule has 8 nitrogen and oxygen atoms in total. The maximum absolute atomic E-state index is 11.5. The maximum Gasteiger partial charge on any atom is 0.358 e. The molecule has 0 N–H and O–H groups in total. The molecule has 0 aliphatic heterocycles. The highest BCUT2D eigenvalue weighted by molar-refractivity contribution is 9.10. The number of fused-ring (bicyclic) bond motifs is 2. The van der Waals surface area contributed by atoms with Gasteiger partial charge < -0.3 is 4.74 Å². The van der Waals surface area contributed by atoms with Crippen LogP contribution >= 0.6 is 15.9 Å². The fraction of sp³-hybridized carbons (Fsp3) is 0.133. The average molecular weight is 387 g/mol. The third-order valence-electron chi connectivity index (χ3n) is 3.56. The Balaban J connectivity index is 1.71. The summed E-state index contributed by atoms with van der Waals surface area (Å²) in [4.78, 5) is 15.7. The van der Waals surface area contributed by atoms with Crippen molar-refractivity contribution in [3.63, 3.8) is 0 Å². The molecule has 0 bridgehead atoms. The van der Waals surface area contributed by atoms with E-state index in [1.54, 1.807) is 21.5 Å². The molecule has 120 valence electrons. The van der Waals surface area contributed by atoms with Crippen molar-refractivity contribution in [2.75, 3.05) is 7.11 Å². The minimum absolute atomic E-state index is 0.220. The Bertz CT molecular complexity index is 1070. The lowest BCUT2D eigenvalue weighted by atomic mass is 10.3. The zero-order valence-electron chi connectivity index (χ0n) is 12.5. The van der Waals surface area contributed by atoms with Gasteiger partial charge in [-0.3, -0.25) is 0 Å². The van der Waals surface area contributed by atoms with E-state index < -0.39 is 5.97 Å². The van der Waals surface area contributed by atoms with Crippen LogP contribution in [-0.4, -0.2) is 42.7 Å². The molecule has 0 aliphatic rings. The van der Waals surface area contributed by atoms with Gasteiger partial charge in [-0.25, -0.2) is 19.0 Å². The van der Waals surface area contributed by atoms with Crippen molar-refractivity contribution in [1.29, 1.82) is 0 Å². The van der Waals surface area contributed by atoms with Crippen LogP contribution in [0.15, 0.2) is 41.0 Å². The first kappa shape index (κ1) is 14.8. The highest BCUT2D eigenvalue weighted by Crippen LogP contribution is 2.18. The van der Waals surface area contributed by atoms with Gasteiger partial charge in [0.15, 0.2) is 11.3 Å². The summed E-state index contributed by atoms with van der Waals surface area (Å²) in [5.41, 5.74) is 3.28. The minimum Gasteiger partial charge on any atom is -0.464 e. The van der Waals surface area contributed by atoms with Crippen molar-refractivity contribution in [1.82, 2.24) is 29.6 Å². The molecule has 0 atom stereocenters. The Kier molecular flexibility index (Phi) is 3.49. The summed E-state index contributed by atoms with van der Waals surface area (Å²) in [6, 6.07) is 9.42. The van der Waals surface area contributed by atoms with Gasteiger partial charge in [0.25, 0.3) is 0 Å². The quantitative estimate of drug-likeness (QED) is 0.501. The van der Waals surface area contributed by atoms with Gasteiger partial charge in [-0.15, -0.1) is 5.10 Å². The van der Waals surface area contributed by atoms with Crippen LogP contribution in [-0.2, 0) is 11.3 Å². The number of nitrogens with zero attached hydrogens (tertiary/aromatic N) is 6.